The summed E-state index contributed by atoms with van der Waals surface area (Å²) in [6.45, 7) is 7.34. The van der Waals surface area contributed by atoms with Gasteiger partial charge in [-0.05, 0) is 0 Å². The lowest BCUT2D eigenvalue weighted by atomic mass is 9.99. The molecule has 0 aliphatic rings. The number of aliphatic carboxylic acids is 1. The highest BCUT2D eigenvalue weighted by Gasteiger charge is 2.23. The minimum absolute atomic E-state index is 0.0406. The number of carbonyl (C=O) groups is 2. The monoisotopic (exact) mass is 201 g/mol. The summed E-state index contributed by atoms with van der Waals surface area (Å²) in [5.41, 5.74) is 0. The Morgan fingerprint density at radius 2 is 1.71 bits per heavy atom. The number of carboxylic acid groups (broad SMARTS) is 1. The molecule has 0 radical (unpaired) electrons. The average molecular weight is 201 g/mol. The standard InChI is InChI=1S/C10H19NO3/c1-6(2)10(14)8(5-9(12)13)11-7(3)4/h6-8,11H,5H2,1-4H3,(H,12,13)/t8-/m0/s1. The van der Waals surface area contributed by atoms with Gasteiger partial charge < -0.3 is 10.4 Å². The van der Waals surface area contributed by atoms with Gasteiger partial charge in [0.05, 0.1) is 12.5 Å². The normalized spacial score (nSPS) is 13.3. The number of hydrogen-bond acceptors (Lipinski definition) is 3. The van der Waals surface area contributed by atoms with Gasteiger partial charge in [0.2, 0.25) is 0 Å². The fourth-order valence-electron chi connectivity index (χ4n) is 1.22. The van der Waals surface area contributed by atoms with E-state index in [-0.39, 0.29) is 24.2 Å². The molecule has 0 saturated carbocycles. The summed E-state index contributed by atoms with van der Waals surface area (Å²) < 4.78 is 0. The second kappa shape index (κ2) is 5.75. The van der Waals surface area contributed by atoms with E-state index >= 15 is 0 Å². The summed E-state index contributed by atoms with van der Waals surface area (Å²) in [7, 11) is 0. The Kier molecular flexibility index (Phi) is 5.38. The van der Waals surface area contributed by atoms with E-state index < -0.39 is 12.0 Å². The Bertz CT molecular complexity index is 211. The molecule has 2 N–H and O–H groups in total. The van der Waals surface area contributed by atoms with Gasteiger partial charge in [0, 0.05) is 12.0 Å². The van der Waals surface area contributed by atoms with Crippen molar-refractivity contribution < 1.29 is 14.7 Å². The van der Waals surface area contributed by atoms with Crippen molar-refractivity contribution >= 4 is 11.8 Å². The molecule has 1 atom stereocenters. The molecule has 0 amide bonds. The molecule has 0 unspecified atom stereocenters. The molecule has 0 aromatic carbocycles. The van der Waals surface area contributed by atoms with Crippen molar-refractivity contribution in [1.82, 2.24) is 5.32 Å². The van der Waals surface area contributed by atoms with E-state index in [0.717, 1.165) is 0 Å². The number of rotatable bonds is 6. The fraction of sp³-hybridized carbons (Fsp3) is 0.800. The molecular weight excluding hydrogens is 182 g/mol. The van der Waals surface area contributed by atoms with E-state index in [0.29, 0.717) is 0 Å². The molecule has 0 saturated heterocycles. The highest BCUT2D eigenvalue weighted by molar-refractivity contribution is 5.89. The molecule has 0 aliphatic carbocycles. The van der Waals surface area contributed by atoms with E-state index in [4.69, 9.17) is 5.11 Å². The molecular formula is C10H19NO3. The highest BCUT2D eigenvalue weighted by Crippen LogP contribution is 2.04. The van der Waals surface area contributed by atoms with E-state index in [1.165, 1.54) is 0 Å². The molecule has 0 bridgehead atoms. The van der Waals surface area contributed by atoms with Crippen molar-refractivity contribution in [3.63, 3.8) is 0 Å². The Labute approximate surface area is 84.7 Å². The lowest BCUT2D eigenvalue weighted by Gasteiger charge is -2.20. The van der Waals surface area contributed by atoms with Gasteiger partial charge in [0.15, 0.2) is 5.78 Å². The zero-order valence-electron chi connectivity index (χ0n) is 9.20. The molecule has 0 heterocycles. The first-order chi connectivity index (χ1) is 6.34. The van der Waals surface area contributed by atoms with Crippen LogP contribution >= 0.6 is 0 Å². The van der Waals surface area contributed by atoms with Gasteiger partial charge in [-0.25, -0.2) is 0 Å². The topological polar surface area (TPSA) is 66.4 Å². The number of carboxylic acids is 1. The minimum atomic E-state index is -0.947. The van der Waals surface area contributed by atoms with Crippen LogP contribution in [0.3, 0.4) is 0 Å². The van der Waals surface area contributed by atoms with Crippen LogP contribution in [0.4, 0.5) is 0 Å². The summed E-state index contributed by atoms with van der Waals surface area (Å²) >= 11 is 0. The number of Topliss-reactive ketones (excluding diaryl/α,β-unsaturated/α-hetero) is 1. The first-order valence-corrected chi connectivity index (χ1v) is 4.86. The van der Waals surface area contributed by atoms with Crippen molar-refractivity contribution in [2.45, 2.75) is 46.2 Å². The van der Waals surface area contributed by atoms with Gasteiger partial charge in [0.1, 0.15) is 0 Å². The smallest absolute Gasteiger partial charge is 0.305 e. The minimum Gasteiger partial charge on any atom is -0.481 e. The predicted molar refractivity (Wildman–Crippen MR) is 54.2 cm³/mol. The molecule has 0 aromatic heterocycles. The third-order valence-electron chi connectivity index (χ3n) is 1.83. The Balaban J connectivity index is 4.38. The Hall–Kier alpha value is -0.900. The third-order valence-corrected chi connectivity index (χ3v) is 1.83. The number of ketones is 1. The van der Waals surface area contributed by atoms with Gasteiger partial charge in [-0.2, -0.15) is 0 Å². The fourth-order valence-corrected chi connectivity index (χ4v) is 1.22. The van der Waals surface area contributed by atoms with Gasteiger partial charge >= 0.3 is 5.97 Å². The van der Waals surface area contributed by atoms with Gasteiger partial charge in [0.25, 0.3) is 0 Å². The van der Waals surface area contributed by atoms with Gasteiger partial charge in [-0.1, -0.05) is 27.7 Å². The van der Waals surface area contributed by atoms with Crippen LogP contribution in [0.15, 0.2) is 0 Å². The zero-order valence-corrected chi connectivity index (χ0v) is 9.20. The third kappa shape index (κ3) is 4.97. The molecule has 82 valence electrons. The van der Waals surface area contributed by atoms with E-state index in [2.05, 4.69) is 5.32 Å². The molecule has 0 fully saturated rings. The van der Waals surface area contributed by atoms with Crippen molar-refractivity contribution in [2.75, 3.05) is 0 Å². The van der Waals surface area contributed by atoms with Crippen LogP contribution in [0.5, 0.6) is 0 Å². The van der Waals surface area contributed by atoms with Crippen molar-refractivity contribution in [1.29, 1.82) is 0 Å². The molecule has 0 spiro atoms. The lowest BCUT2D eigenvalue weighted by molar-refractivity contribution is -0.140. The highest BCUT2D eigenvalue weighted by atomic mass is 16.4. The first-order valence-electron chi connectivity index (χ1n) is 4.86. The van der Waals surface area contributed by atoms with E-state index in [1.54, 1.807) is 13.8 Å². The van der Waals surface area contributed by atoms with Crippen molar-refractivity contribution in [3.8, 4) is 0 Å². The largest absolute Gasteiger partial charge is 0.481 e. The van der Waals surface area contributed by atoms with E-state index in [9.17, 15) is 9.59 Å². The van der Waals surface area contributed by atoms with Crippen LogP contribution < -0.4 is 5.32 Å². The molecule has 4 heteroatoms. The number of carbonyl (C=O) groups excluding carboxylic acids is 1. The molecule has 14 heavy (non-hydrogen) atoms. The first kappa shape index (κ1) is 13.1. The van der Waals surface area contributed by atoms with Crippen LogP contribution in [-0.4, -0.2) is 28.9 Å². The Morgan fingerprint density at radius 3 is 2.00 bits per heavy atom. The van der Waals surface area contributed by atoms with Crippen LogP contribution in [0.1, 0.15) is 34.1 Å². The zero-order chi connectivity index (χ0) is 11.3. The summed E-state index contributed by atoms with van der Waals surface area (Å²) in [5, 5.41) is 11.6. The Morgan fingerprint density at radius 1 is 1.21 bits per heavy atom. The molecule has 0 aromatic rings. The van der Waals surface area contributed by atoms with Crippen LogP contribution in [0.25, 0.3) is 0 Å². The van der Waals surface area contributed by atoms with Gasteiger partial charge in [-0.15, -0.1) is 0 Å². The summed E-state index contributed by atoms with van der Waals surface area (Å²) in [5.74, 6) is -1.12. The molecule has 4 nitrogen and oxygen atoms in total. The number of hydrogen-bond donors (Lipinski definition) is 2. The van der Waals surface area contributed by atoms with Crippen LogP contribution in [0, 0.1) is 5.92 Å². The molecule has 0 aliphatic heterocycles. The number of nitrogens with one attached hydrogen (secondary N) is 1. The van der Waals surface area contributed by atoms with Crippen molar-refractivity contribution in [2.24, 2.45) is 5.92 Å². The second-order valence-electron chi connectivity index (χ2n) is 4.03. The predicted octanol–water partition coefficient (Wildman–Crippen LogP) is 1.05. The van der Waals surface area contributed by atoms with Crippen molar-refractivity contribution in [3.05, 3.63) is 0 Å². The SMILES string of the molecule is CC(C)N[C@@H](CC(=O)O)C(=O)C(C)C. The summed E-state index contributed by atoms with van der Waals surface area (Å²) in [6.07, 6.45) is -0.144. The van der Waals surface area contributed by atoms with E-state index in [1.807, 2.05) is 13.8 Å². The molecule has 0 rings (SSSR count). The van der Waals surface area contributed by atoms with Crippen LogP contribution in [-0.2, 0) is 9.59 Å². The summed E-state index contributed by atoms with van der Waals surface area (Å²) in [4.78, 5) is 22.1. The summed E-state index contributed by atoms with van der Waals surface area (Å²) in [6, 6.07) is -0.449. The van der Waals surface area contributed by atoms with Crippen LogP contribution in [0.2, 0.25) is 0 Å². The second-order valence-corrected chi connectivity index (χ2v) is 4.03. The quantitative estimate of drug-likeness (QED) is 0.674. The average Bonchev–Trinajstić information content (AvgIpc) is 1.99. The maximum absolute atomic E-state index is 11.6. The lowest BCUT2D eigenvalue weighted by Crippen LogP contribution is -2.44. The van der Waals surface area contributed by atoms with Gasteiger partial charge in [-0.3, -0.25) is 9.59 Å². The maximum Gasteiger partial charge on any atom is 0.305 e. The maximum atomic E-state index is 11.6.